The van der Waals surface area contributed by atoms with Crippen molar-refractivity contribution in [2.75, 3.05) is 19.7 Å². The van der Waals surface area contributed by atoms with Gasteiger partial charge in [0.25, 0.3) is 5.91 Å². The SMILES string of the molecule is [N-]=[N+]=N[C@@H]1C(O)[C@@H](Sc2cc(Cl)cnc2C(=O)N2CCC2)OC2COC(c3ccccc3)O[C@@H]21. The van der Waals surface area contributed by atoms with E-state index in [2.05, 4.69) is 15.0 Å². The van der Waals surface area contributed by atoms with Gasteiger partial charge in [-0.1, -0.05) is 58.8 Å². The Labute approximate surface area is 204 Å². The maximum Gasteiger partial charge on any atom is 0.273 e. The molecule has 1 aromatic carbocycles. The van der Waals surface area contributed by atoms with Crippen LogP contribution in [-0.4, -0.2) is 70.4 Å². The number of carbonyl (C=O) groups is 1. The normalized spacial score (nSPS) is 30.6. The van der Waals surface area contributed by atoms with Gasteiger partial charge < -0.3 is 24.2 Å². The topological polar surface area (TPSA) is 130 Å². The minimum atomic E-state index is -1.21. The van der Waals surface area contributed by atoms with Gasteiger partial charge in [-0.2, -0.15) is 0 Å². The lowest BCUT2D eigenvalue weighted by molar-refractivity contribution is -0.297. The first-order valence-corrected chi connectivity index (χ1v) is 12.1. The second-order valence-corrected chi connectivity index (χ2v) is 9.75. The Morgan fingerprint density at radius 1 is 1.29 bits per heavy atom. The standard InChI is InChI=1S/C22H22ClN5O5S/c23-13-9-15(16(25-10-13)20(30)28-7-4-8-28)34-22-18(29)17(26-27-24)19-14(32-22)11-31-21(33-19)12-5-2-1-3-6-12/h1-3,5-6,9-10,14,17-19,21-22,29H,4,7-8,11H2/t14?,17-,18?,19+,21?,22-/m1/s1. The monoisotopic (exact) mass is 503 g/mol. The van der Waals surface area contributed by atoms with Gasteiger partial charge in [-0.3, -0.25) is 4.79 Å². The van der Waals surface area contributed by atoms with Crippen LogP contribution in [0.4, 0.5) is 0 Å². The summed E-state index contributed by atoms with van der Waals surface area (Å²) in [6.45, 7) is 1.53. The number of aromatic nitrogens is 1. The van der Waals surface area contributed by atoms with Gasteiger partial charge in [0.15, 0.2) is 6.29 Å². The molecule has 0 bridgehead atoms. The molecule has 0 spiro atoms. The number of aliphatic hydroxyl groups is 1. The van der Waals surface area contributed by atoms with Crippen LogP contribution in [0.25, 0.3) is 10.4 Å². The molecule has 1 N–H and O–H groups in total. The molecule has 0 saturated carbocycles. The number of halogens is 1. The fourth-order valence-corrected chi connectivity index (χ4v) is 5.53. The number of hydrogen-bond acceptors (Lipinski definition) is 8. The molecule has 4 heterocycles. The number of aliphatic hydroxyl groups excluding tert-OH is 1. The number of rotatable bonds is 5. The molecule has 3 aliphatic rings. The van der Waals surface area contributed by atoms with E-state index in [4.69, 9.17) is 31.3 Å². The summed E-state index contributed by atoms with van der Waals surface area (Å²) in [5.74, 6) is -0.199. The van der Waals surface area contributed by atoms with E-state index in [1.54, 1.807) is 11.0 Å². The lowest BCUT2D eigenvalue weighted by Gasteiger charge is -2.46. The molecule has 34 heavy (non-hydrogen) atoms. The van der Waals surface area contributed by atoms with Crippen LogP contribution in [0.15, 0.2) is 52.6 Å². The minimum absolute atomic E-state index is 0.179. The summed E-state index contributed by atoms with van der Waals surface area (Å²) < 4.78 is 18.1. The number of likely N-dealkylation sites (tertiary alicyclic amines) is 1. The molecule has 0 radical (unpaired) electrons. The molecule has 3 unspecified atom stereocenters. The maximum atomic E-state index is 12.8. The Balaban J connectivity index is 1.38. The number of amides is 1. The number of nitrogens with zero attached hydrogens (tertiary/aromatic N) is 5. The van der Waals surface area contributed by atoms with Crippen molar-refractivity contribution in [3.05, 3.63) is 69.3 Å². The highest BCUT2D eigenvalue weighted by atomic mass is 35.5. The van der Waals surface area contributed by atoms with Gasteiger partial charge >= 0.3 is 0 Å². The van der Waals surface area contributed by atoms with Crippen LogP contribution in [-0.2, 0) is 14.2 Å². The third-order valence-corrected chi connectivity index (χ3v) is 7.39. The molecule has 3 fully saturated rings. The summed E-state index contributed by atoms with van der Waals surface area (Å²) in [6, 6.07) is 10.1. The summed E-state index contributed by atoms with van der Waals surface area (Å²) in [7, 11) is 0. The fourth-order valence-electron chi connectivity index (χ4n) is 4.11. The van der Waals surface area contributed by atoms with Crippen molar-refractivity contribution in [1.29, 1.82) is 0 Å². The molecule has 1 amide bonds. The van der Waals surface area contributed by atoms with Gasteiger partial charge in [0, 0.05) is 34.7 Å². The molecule has 178 valence electrons. The zero-order chi connectivity index (χ0) is 23.7. The first kappa shape index (κ1) is 23.4. The number of pyridine rings is 1. The predicted molar refractivity (Wildman–Crippen MR) is 123 cm³/mol. The van der Waals surface area contributed by atoms with Crippen molar-refractivity contribution in [2.24, 2.45) is 5.11 Å². The molecule has 2 aromatic rings. The molecule has 0 aliphatic carbocycles. The Hall–Kier alpha value is -2.37. The smallest absolute Gasteiger partial charge is 0.273 e. The van der Waals surface area contributed by atoms with E-state index in [9.17, 15) is 9.90 Å². The molecule has 12 heteroatoms. The van der Waals surface area contributed by atoms with E-state index in [1.165, 1.54) is 6.20 Å². The Morgan fingerprint density at radius 3 is 2.79 bits per heavy atom. The van der Waals surface area contributed by atoms with Crippen molar-refractivity contribution >= 4 is 29.3 Å². The summed E-state index contributed by atoms with van der Waals surface area (Å²) in [5.41, 5.74) is 9.36. The second-order valence-electron chi connectivity index (χ2n) is 8.17. The van der Waals surface area contributed by atoms with E-state index in [0.29, 0.717) is 23.0 Å². The van der Waals surface area contributed by atoms with Gasteiger partial charge in [0.05, 0.1) is 17.7 Å². The molecule has 3 aliphatic heterocycles. The Bertz CT molecular complexity index is 1100. The molecule has 1 aromatic heterocycles. The summed E-state index contributed by atoms with van der Waals surface area (Å²) in [5, 5.41) is 15.3. The molecular formula is C22H22ClN5O5S. The molecular weight excluding hydrogens is 482 g/mol. The number of thioether (sulfide) groups is 1. The van der Waals surface area contributed by atoms with Gasteiger partial charge in [0.2, 0.25) is 0 Å². The van der Waals surface area contributed by atoms with Gasteiger partial charge in [-0.25, -0.2) is 4.98 Å². The average Bonchev–Trinajstić information content (AvgIpc) is 2.81. The van der Waals surface area contributed by atoms with Crippen LogP contribution in [0.3, 0.4) is 0 Å². The zero-order valence-corrected chi connectivity index (χ0v) is 19.5. The quantitative estimate of drug-likeness (QED) is 0.375. The number of azide groups is 1. The largest absolute Gasteiger partial charge is 0.389 e. The summed E-state index contributed by atoms with van der Waals surface area (Å²) in [4.78, 5) is 22.2. The third-order valence-electron chi connectivity index (χ3n) is 6.00. The molecule has 5 rings (SSSR count). The highest BCUT2D eigenvalue weighted by Gasteiger charge is 2.49. The van der Waals surface area contributed by atoms with Crippen LogP contribution < -0.4 is 0 Å². The highest BCUT2D eigenvalue weighted by Crippen LogP contribution is 2.41. The average molecular weight is 504 g/mol. The van der Waals surface area contributed by atoms with Crippen LogP contribution in [0.2, 0.25) is 5.02 Å². The predicted octanol–water partition coefficient (Wildman–Crippen LogP) is 3.55. The van der Waals surface area contributed by atoms with Crippen LogP contribution >= 0.6 is 23.4 Å². The molecule has 3 saturated heterocycles. The minimum Gasteiger partial charge on any atom is -0.389 e. The van der Waals surface area contributed by atoms with Crippen molar-refractivity contribution in [1.82, 2.24) is 9.88 Å². The van der Waals surface area contributed by atoms with Crippen LogP contribution in [0.1, 0.15) is 28.8 Å². The number of benzene rings is 1. The fraction of sp³-hybridized carbons (Fsp3) is 0.455. The molecule has 6 atom stereocenters. The van der Waals surface area contributed by atoms with E-state index >= 15 is 0 Å². The number of fused-ring (bicyclic) bond motifs is 1. The lowest BCUT2D eigenvalue weighted by Crippen LogP contribution is -2.60. The van der Waals surface area contributed by atoms with Gasteiger partial charge in [-0.15, -0.1) is 0 Å². The number of carbonyl (C=O) groups excluding carboxylic acids is 1. The van der Waals surface area contributed by atoms with Crippen molar-refractivity contribution in [2.45, 2.75) is 47.4 Å². The summed E-state index contributed by atoms with van der Waals surface area (Å²) >= 11 is 7.27. The highest BCUT2D eigenvalue weighted by molar-refractivity contribution is 8.00. The zero-order valence-electron chi connectivity index (χ0n) is 17.9. The van der Waals surface area contributed by atoms with Crippen molar-refractivity contribution in [3.8, 4) is 0 Å². The third kappa shape index (κ3) is 4.60. The van der Waals surface area contributed by atoms with Crippen LogP contribution in [0, 0.1) is 0 Å². The first-order valence-electron chi connectivity index (χ1n) is 10.9. The van der Waals surface area contributed by atoms with Crippen LogP contribution in [0.5, 0.6) is 0 Å². The maximum absolute atomic E-state index is 12.8. The van der Waals surface area contributed by atoms with E-state index in [0.717, 1.165) is 23.7 Å². The number of hydrogen-bond donors (Lipinski definition) is 1. The van der Waals surface area contributed by atoms with Crippen molar-refractivity contribution < 1.29 is 24.1 Å². The first-order chi connectivity index (χ1) is 16.5. The Morgan fingerprint density at radius 2 is 2.09 bits per heavy atom. The number of ether oxygens (including phenoxy) is 3. The lowest BCUT2D eigenvalue weighted by atomic mass is 9.97. The van der Waals surface area contributed by atoms with Gasteiger partial charge in [-0.05, 0) is 18.0 Å². The van der Waals surface area contributed by atoms with E-state index in [-0.39, 0.29) is 18.2 Å². The molecule has 10 nitrogen and oxygen atoms in total. The Kier molecular flexibility index (Phi) is 6.94. The van der Waals surface area contributed by atoms with E-state index in [1.807, 2.05) is 30.3 Å². The van der Waals surface area contributed by atoms with Crippen molar-refractivity contribution in [3.63, 3.8) is 0 Å². The van der Waals surface area contributed by atoms with Gasteiger partial charge in [0.1, 0.15) is 29.4 Å². The summed E-state index contributed by atoms with van der Waals surface area (Å²) in [6.07, 6.45) is -0.797. The second kappa shape index (κ2) is 10.1. The van der Waals surface area contributed by atoms with E-state index < -0.39 is 36.1 Å².